The average molecular weight is 282 g/mol. The Labute approximate surface area is 97.9 Å². The third kappa shape index (κ3) is 59.6. The molecule has 0 heterocycles. The summed E-state index contributed by atoms with van der Waals surface area (Å²) in [5.41, 5.74) is 6.34. The van der Waals surface area contributed by atoms with E-state index in [-0.39, 0.29) is 35.6 Å². The van der Waals surface area contributed by atoms with Crippen molar-refractivity contribution in [2.75, 3.05) is 0 Å². The quantitative estimate of drug-likeness (QED) is 0.718. The Morgan fingerprint density at radius 1 is 1.36 bits per heavy atom. The van der Waals surface area contributed by atoms with E-state index in [0.29, 0.717) is 6.42 Å². The van der Waals surface area contributed by atoms with Crippen molar-refractivity contribution in [2.24, 2.45) is 0 Å². The van der Waals surface area contributed by atoms with E-state index in [1.807, 2.05) is 6.92 Å². The van der Waals surface area contributed by atoms with Gasteiger partial charge in [-0.15, -0.1) is 0 Å². The Morgan fingerprint density at radius 2 is 1.64 bits per heavy atom. The molecule has 1 radical (unpaired) electrons. The molecule has 0 aromatic rings. The van der Waals surface area contributed by atoms with Crippen LogP contribution in [0.15, 0.2) is 0 Å². The molecule has 2 nitrogen and oxygen atoms in total. The first-order valence-electron chi connectivity index (χ1n) is 3.51. The van der Waals surface area contributed by atoms with Gasteiger partial charge in [0.25, 0.3) is 0 Å². The number of nitrogens with one attached hydrogen (secondary N) is 1. The Morgan fingerprint density at radius 3 is 1.64 bits per heavy atom. The second kappa shape index (κ2) is 13.3. The second-order valence-corrected chi connectivity index (χ2v) is 2.67. The number of rotatable bonds is 2. The maximum atomic E-state index is 9.71. The van der Waals surface area contributed by atoms with Crippen molar-refractivity contribution in [3.63, 3.8) is 0 Å². The van der Waals surface area contributed by atoms with Crippen LogP contribution in [0.5, 0.6) is 0 Å². The third-order valence-electron chi connectivity index (χ3n) is 0.477. The molecule has 0 aliphatic rings. The van der Waals surface area contributed by atoms with Crippen molar-refractivity contribution in [1.82, 2.24) is 0 Å². The zero-order valence-corrected chi connectivity index (χ0v) is 11.5. The smallest absolute Gasteiger partial charge is 0.0487 e. The molecule has 0 atom stereocenters. The van der Waals surface area contributed by atoms with Crippen molar-refractivity contribution in [3.8, 4) is 0 Å². The Hall–Kier alpha value is 0.665. The van der Waals surface area contributed by atoms with Gasteiger partial charge >= 0.3 is 0 Å². The normalized spacial score (nSPS) is 7.73. The fourth-order valence-electron chi connectivity index (χ4n) is 0.227. The first-order valence-corrected chi connectivity index (χ1v) is 3.51. The van der Waals surface area contributed by atoms with Crippen LogP contribution in [0.2, 0.25) is 0 Å². The van der Waals surface area contributed by atoms with E-state index >= 15 is 0 Å². The number of hydrogen-bond donors (Lipinski definition) is 0. The summed E-state index contributed by atoms with van der Waals surface area (Å²) in [7, 11) is 0. The third-order valence-corrected chi connectivity index (χ3v) is 0.477. The summed E-state index contributed by atoms with van der Waals surface area (Å²) in [6.45, 7) is 8.13. The van der Waals surface area contributed by atoms with Gasteiger partial charge in [0.15, 0.2) is 0 Å². The molecule has 0 rings (SSSR count). The summed E-state index contributed by atoms with van der Waals surface area (Å²) < 4.78 is 0. The molecule has 0 spiro atoms. The van der Waals surface area contributed by atoms with Gasteiger partial charge in [-0.3, -0.25) is 0 Å². The fourth-order valence-corrected chi connectivity index (χ4v) is 0.227. The van der Waals surface area contributed by atoms with E-state index in [0.717, 1.165) is 6.42 Å². The molecule has 11 heavy (non-hydrogen) atoms. The molecular formula is C8H17LaNO-2. The standard InChI is InChI=1S/C4H9NO.C4H9.La/c1-2-3-4(5)6;1-4(2)3;/h2-3H2,1H3,(H2,5,6);1-3H3;/q;-1;/p-1. The minimum absolute atomic E-state index is 0. The van der Waals surface area contributed by atoms with Crippen LogP contribution in [0.25, 0.3) is 5.73 Å². The van der Waals surface area contributed by atoms with Crippen molar-refractivity contribution in [2.45, 2.75) is 40.5 Å². The Kier molecular flexibility index (Phi) is 21.3. The fraction of sp³-hybridized carbons (Fsp3) is 0.750. The summed E-state index contributed by atoms with van der Waals surface area (Å²) >= 11 is 0. The summed E-state index contributed by atoms with van der Waals surface area (Å²) in [4.78, 5) is 9.71. The maximum Gasteiger partial charge on any atom is 0.0487 e. The first-order chi connectivity index (χ1) is 4.50. The van der Waals surface area contributed by atoms with Gasteiger partial charge in [0, 0.05) is 41.5 Å². The topological polar surface area (TPSA) is 40.9 Å². The van der Waals surface area contributed by atoms with Gasteiger partial charge < -0.3 is 16.4 Å². The Balaban J connectivity index is -0.000000114. The molecule has 0 bridgehead atoms. The van der Waals surface area contributed by atoms with E-state index in [1.54, 1.807) is 0 Å². The molecule has 1 N–H and O–H groups in total. The van der Waals surface area contributed by atoms with Gasteiger partial charge in [-0.2, -0.15) is 20.8 Å². The predicted octanol–water partition coefficient (Wildman–Crippen LogP) is 2.99. The zero-order chi connectivity index (χ0) is 8.57. The molecule has 0 saturated carbocycles. The monoisotopic (exact) mass is 282 g/mol. The minimum atomic E-state index is -0.461. The van der Waals surface area contributed by atoms with Gasteiger partial charge in [0.1, 0.15) is 0 Å². The van der Waals surface area contributed by atoms with Crippen LogP contribution in [-0.4, -0.2) is 5.91 Å². The van der Waals surface area contributed by atoms with Gasteiger partial charge in [-0.1, -0.05) is 13.3 Å². The maximum absolute atomic E-state index is 9.71. The van der Waals surface area contributed by atoms with Gasteiger partial charge in [-0.05, 0) is 6.42 Å². The summed E-state index contributed by atoms with van der Waals surface area (Å²) in [6.07, 6.45) is 1.20. The van der Waals surface area contributed by atoms with E-state index in [9.17, 15) is 4.79 Å². The van der Waals surface area contributed by atoms with Crippen LogP contribution < -0.4 is 0 Å². The van der Waals surface area contributed by atoms with E-state index in [2.05, 4.69) is 20.8 Å². The van der Waals surface area contributed by atoms with Crippen LogP contribution >= 0.6 is 0 Å². The van der Waals surface area contributed by atoms with Crippen LogP contribution in [0.4, 0.5) is 0 Å². The van der Waals surface area contributed by atoms with Gasteiger partial charge in [0.2, 0.25) is 0 Å². The molecule has 0 fully saturated rings. The summed E-state index contributed by atoms with van der Waals surface area (Å²) in [6, 6.07) is 0. The predicted molar refractivity (Wildman–Crippen MR) is 44.5 cm³/mol. The van der Waals surface area contributed by atoms with Crippen LogP contribution in [-0.2, 0) is 4.79 Å². The summed E-state index contributed by atoms with van der Waals surface area (Å²) in [5, 5.41) is 0. The van der Waals surface area contributed by atoms with E-state index in [4.69, 9.17) is 5.73 Å². The van der Waals surface area contributed by atoms with Crippen molar-refractivity contribution in [3.05, 3.63) is 11.7 Å². The number of carbonyl (C=O) groups excluding carboxylic acids is 1. The van der Waals surface area contributed by atoms with Gasteiger partial charge in [0.05, 0.1) is 0 Å². The number of hydrogen-bond acceptors (Lipinski definition) is 1. The molecule has 65 valence electrons. The molecule has 0 aromatic heterocycles. The molecule has 0 aromatic carbocycles. The molecule has 0 aliphatic heterocycles. The van der Waals surface area contributed by atoms with Crippen molar-refractivity contribution >= 4 is 5.91 Å². The first kappa shape index (κ1) is 17.7. The van der Waals surface area contributed by atoms with E-state index in [1.165, 1.54) is 5.92 Å². The molecule has 0 saturated heterocycles. The van der Waals surface area contributed by atoms with Crippen molar-refractivity contribution in [1.29, 1.82) is 0 Å². The van der Waals surface area contributed by atoms with Crippen LogP contribution in [0.1, 0.15) is 40.5 Å². The molecule has 3 heteroatoms. The number of carbonyl (C=O) groups is 1. The van der Waals surface area contributed by atoms with Crippen molar-refractivity contribution < 1.29 is 40.4 Å². The number of amides is 1. The summed E-state index contributed by atoms with van der Waals surface area (Å²) in [5.74, 6) is 0.956. The van der Waals surface area contributed by atoms with E-state index < -0.39 is 5.91 Å². The SMILES string of the molecule is CCCC([NH-])=O.C[C-](C)C.[La]. The average Bonchev–Trinajstić information content (AvgIpc) is 1.62. The second-order valence-electron chi connectivity index (χ2n) is 2.67. The van der Waals surface area contributed by atoms with Gasteiger partial charge in [-0.25, -0.2) is 0 Å². The molecule has 0 unspecified atom stereocenters. The molecule has 0 aliphatic carbocycles. The van der Waals surface area contributed by atoms with Crippen LogP contribution in [0.3, 0.4) is 0 Å². The molecular weight excluding hydrogens is 265 g/mol. The van der Waals surface area contributed by atoms with Crippen LogP contribution in [0, 0.1) is 41.5 Å². The molecule has 1 amide bonds. The minimum Gasteiger partial charge on any atom is -0.668 e. The Bertz CT molecular complexity index is 81.4. The zero-order valence-electron chi connectivity index (χ0n) is 7.90. The largest absolute Gasteiger partial charge is 0.668 e.